The van der Waals surface area contributed by atoms with Gasteiger partial charge in [0.25, 0.3) is 0 Å². The number of thioether (sulfide) groups is 1. The van der Waals surface area contributed by atoms with Gasteiger partial charge in [-0.15, -0.1) is 0 Å². The molecule has 1 heterocycles. The van der Waals surface area contributed by atoms with Crippen LogP contribution in [0.3, 0.4) is 0 Å². The van der Waals surface area contributed by atoms with E-state index in [1.165, 1.54) is 4.57 Å². The van der Waals surface area contributed by atoms with Crippen LogP contribution in [0, 0.1) is 4.77 Å². The molecule has 1 rings (SSSR count). The van der Waals surface area contributed by atoms with Gasteiger partial charge in [0.15, 0.2) is 4.77 Å². The van der Waals surface area contributed by atoms with E-state index >= 15 is 0 Å². The molecule has 0 aromatic carbocycles. The molecule has 0 amide bonds. The van der Waals surface area contributed by atoms with Crippen molar-refractivity contribution in [3.63, 3.8) is 0 Å². The molecule has 1 aromatic heterocycles. The van der Waals surface area contributed by atoms with Crippen molar-refractivity contribution in [3.05, 3.63) is 15.3 Å². The van der Waals surface area contributed by atoms with Gasteiger partial charge in [-0.2, -0.15) is 11.8 Å². The number of nitrogens with zero attached hydrogens (tertiary/aromatic N) is 1. The second-order valence-corrected chi connectivity index (χ2v) is 4.18. The zero-order chi connectivity index (χ0) is 9.14. The van der Waals surface area contributed by atoms with E-state index in [0.717, 1.165) is 0 Å². The summed E-state index contributed by atoms with van der Waals surface area (Å²) in [5.41, 5.74) is -0.166. The van der Waals surface area contributed by atoms with Crippen LogP contribution >= 0.6 is 24.0 Å². The maximum absolute atomic E-state index is 11.1. The quantitative estimate of drug-likeness (QED) is 0.723. The molecule has 0 fully saturated rings. The Bertz CT molecular complexity index is 323. The zero-order valence-electron chi connectivity index (χ0n) is 6.96. The summed E-state index contributed by atoms with van der Waals surface area (Å²) in [7, 11) is 0. The van der Waals surface area contributed by atoms with Crippen molar-refractivity contribution in [1.82, 2.24) is 14.8 Å². The SMILES string of the molecule is CSC(C)Cn1c(=O)[nH][nH]c1=S. The second kappa shape index (κ2) is 3.95. The molecule has 6 heteroatoms. The molecule has 0 radical (unpaired) electrons. The predicted molar refractivity (Wildman–Crippen MR) is 53.2 cm³/mol. The van der Waals surface area contributed by atoms with Gasteiger partial charge in [-0.1, -0.05) is 6.92 Å². The summed E-state index contributed by atoms with van der Waals surface area (Å²) < 4.78 is 1.98. The molecule has 0 saturated carbocycles. The fourth-order valence-corrected chi connectivity index (χ4v) is 1.34. The minimum atomic E-state index is -0.166. The Hall–Kier alpha value is -0.490. The molecule has 0 spiro atoms. The molecule has 1 aromatic rings. The van der Waals surface area contributed by atoms with Crippen LogP contribution in [0.25, 0.3) is 0 Å². The van der Waals surface area contributed by atoms with E-state index in [-0.39, 0.29) is 5.69 Å². The van der Waals surface area contributed by atoms with Crippen molar-refractivity contribution >= 4 is 24.0 Å². The number of hydrogen-bond acceptors (Lipinski definition) is 3. The third-order valence-corrected chi connectivity index (χ3v) is 2.88. The Labute approximate surface area is 79.4 Å². The topological polar surface area (TPSA) is 53.6 Å². The largest absolute Gasteiger partial charge is 0.342 e. The lowest BCUT2D eigenvalue weighted by Gasteiger charge is -2.06. The Balaban J connectivity index is 2.88. The first-order valence-corrected chi connectivity index (χ1v) is 5.25. The first-order chi connectivity index (χ1) is 5.65. The van der Waals surface area contributed by atoms with E-state index in [1.54, 1.807) is 11.8 Å². The molecular weight excluding hydrogens is 194 g/mol. The van der Waals surface area contributed by atoms with Crippen molar-refractivity contribution in [2.45, 2.75) is 18.7 Å². The summed E-state index contributed by atoms with van der Waals surface area (Å²) in [5, 5.41) is 5.43. The molecular formula is C6H11N3OS2. The third-order valence-electron chi connectivity index (χ3n) is 1.61. The van der Waals surface area contributed by atoms with Crippen LogP contribution in [-0.4, -0.2) is 26.3 Å². The minimum Gasteiger partial charge on any atom is -0.272 e. The van der Waals surface area contributed by atoms with Gasteiger partial charge in [0.2, 0.25) is 0 Å². The van der Waals surface area contributed by atoms with E-state index in [0.29, 0.717) is 16.6 Å². The highest BCUT2D eigenvalue weighted by Gasteiger charge is 2.04. The van der Waals surface area contributed by atoms with Crippen molar-refractivity contribution in [2.24, 2.45) is 0 Å². The molecule has 1 unspecified atom stereocenters. The Kier molecular flexibility index (Phi) is 3.16. The van der Waals surface area contributed by atoms with Crippen molar-refractivity contribution < 1.29 is 0 Å². The van der Waals surface area contributed by atoms with E-state index in [9.17, 15) is 4.79 Å². The Morgan fingerprint density at radius 3 is 2.75 bits per heavy atom. The van der Waals surface area contributed by atoms with Crippen molar-refractivity contribution in [2.75, 3.05) is 6.26 Å². The highest BCUT2D eigenvalue weighted by atomic mass is 32.2. The van der Waals surface area contributed by atoms with Gasteiger partial charge in [0.1, 0.15) is 0 Å². The summed E-state index contributed by atoms with van der Waals surface area (Å²) in [6.45, 7) is 2.71. The molecule has 12 heavy (non-hydrogen) atoms. The number of aromatic nitrogens is 3. The van der Waals surface area contributed by atoms with E-state index in [1.807, 2.05) is 6.26 Å². The fraction of sp³-hybridized carbons (Fsp3) is 0.667. The molecule has 1 atom stereocenters. The van der Waals surface area contributed by atoms with Crippen LogP contribution in [0.15, 0.2) is 4.79 Å². The molecule has 2 N–H and O–H groups in total. The van der Waals surface area contributed by atoms with Gasteiger partial charge in [-0.3, -0.25) is 9.67 Å². The molecule has 4 nitrogen and oxygen atoms in total. The van der Waals surface area contributed by atoms with E-state index < -0.39 is 0 Å². The monoisotopic (exact) mass is 205 g/mol. The standard InChI is InChI=1S/C6H11N3OS2/c1-4(12-2)3-9-5(10)7-8-6(9)11/h4H,3H2,1-2H3,(H,7,10)(H,8,11). The van der Waals surface area contributed by atoms with Crippen LogP contribution in [-0.2, 0) is 6.54 Å². The zero-order valence-corrected chi connectivity index (χ0v) is 8.59. The number of nitrogens with one attached hydrogen (secondary N) is 2. The van der Waals surface area contributed by atoms with Crippen LogP contribution in [0.4, 0.5) is 0 Å². The number of aromatic amines is 2. The lowest BCUT2D eigenvalue weighted by atomic mass is 10.5. The summed E-state index contributed by atoms with van der Waals surface area (Å²) in [4.78, 5) is 11.1. The van der Waals surface area contributed by atoms with E-state index in [2.05, 4.69) is 17.1 Å². The van der Waals surface area contributed by atoms with Gasteiger partial charge in [0, 0.05) is 11.8 Å². The van der Waals surface area contributed by atoms with Gasteiger partial charge in [0.05, 0.1) is 0 Å². The average Bonchev–Trinajstić information content (AvgIpc) is 2.35. The molecule has 0 aliphatic carbocycles. The maximum Gasteiger partial charge on any atom is 0.342 e. The molecule has 0 aliphatic heterocycles. The van der Waals surface area contributed by atoms with Crippen LogP contribution in [0.5, 0.6) is 0 Å². The predicted octanol–water partition coefficient (Wildman–Crippen LogP) is 0.985. The lowest BCUT2D eigenvalue weighted by molar-refractivity contribution is 0.660. The highest BCUT2D eigenvalue weighted by molar-refractivity contribution is 7.99. The number of hydrogen-bond donors (Lipinski definition) is 2. The summed E-state index contributed by atoms with van der Waals surface area (Å²) >= 11 is 6.61. The van der Waals surface area contributed by atoms with Crippen LogP contribution in [0.2, 0.25) is 0 Å². The fourth-order valence-electron chi connectivity index (χ4n) is 0.832. The average molecular weight is 205 g/mol. The van der Waals surface area contributed by atoms with Gasteiger partial charge < -0.3 is 0 Å². The summed E-state index contributed by atoms with van der Waals surface area (Å²) in [6.07, 6.45) is 2.01. The minimum absolute atomic E-state index is 0.166. The first kappa shape index (κ1) is 9.60. The smallest absolute Gasteiger partial charge is 0.272 e. The third kappa shape index (κ3) is 2.01. The van der Waals surface area contributed by atoms with Crippen molar-refractivity contribution in [3.8, 4) is 0 Å². The van der Waals surface area contributed by atoms with Crippen molar-refractivity contribution in [1.29, 1.82) is 0 Å². The summed E-state index contributed by atoms with van der Waals surface area (Å²) in [6, 6.07) is 0. The number of rotatable bonds is 3. The number of H-pyrrole nitrogens is 2. The molecule has 0 saturated heterocycles. The molecule has 0 bridgehead atoms. The van der Waals surface area contributed by atoms with Gasteiger partial charge >= 0.3 is 5.69 Å². The maximum atomic E-state index is 11.1. The molecule has 68 valence electrons. The molecule has 0 aliphatic rings. The Morgan fingerprint density at radius 1 is 1.67 bits per heavy atom. The highest BCUT2D eigenvalue weighted by Crippen LogP contribution is 2.06. The summed E-state index contributed by atoms with van der Waals surface area (Å²) in [5.74, 6) is 0. The first-order valence-electron chi connectivity index (χ1n) is 3.55. The van der Waals surface area contributed by atoms with Crippen LogP contribution in [0.1, 0.15) is 6.92 Å². The van der Waals surface area contributed by atoms with Gasteiger partial charge in [-0.25, -0.2) is 9.89 Å². The lowest BCUT2D eigenvalue weighted by Crippen LogP contribution is -2.21. The van der Waals surface area contributed by atoms with E-state index in [4.69, 9.17) is 12.2 Å². The Morgan fingerprint density at radius 2 is 2.33 bits per heavy atom. The normalized spacial score (nSPS) is 13.2. The van der Waals surface area contributed by atoms with Gasteiger partial charge in [-0.05, 0) is 18.5 Å². The second-order valence-electron chi connectivity index (χ2n) is 2.52. The van der Waals surface area contributed by atoms with Crippen LogP contribution < -0.4 is 5.69 Å².